The van der Waals surface area contributed by atoms with E-state index in [0.717, 1.165) is 16.7 Å². The minimum atomic E-state index is -0.512. The fourth-order valence-electron chi connectivity index (χ4n) is 2.22. The summed E-state index contributed by atoms with van der Waals surface area (Å²) in [5.74, 6) is 0. The second-order valence-electron chi connectivity index (χ2n) is 6.07. The average molecular weight is 329 g/mol. The summed E-state index contributed by atoms with van der Waals surface area (Å²) in [5.41, 5.74) is 3.26. The highest BCUT2D eigenvalue weighted by Crippen LogP contribution is 2.24. The van der Waals surface area contributed by atoms with Crippen molar-refractivity contribution in [1.29, 1.82) is 0 Å². The third-order valence-electron chi connectivity index (χ3n) is 3.61. The van der Waals surface area contributed by atoms with Crippen LogP contribution in [-0.4, -0.2) is 6.03 Å². The Bertz CT molecular complexity index is 720. The molecular weight excluding hydrogens is 308 g/mol. The predicted molar refractivity (Wildman–Crippen MR) is 97.8 cm³/mol. The number of halogens is 1. The number of carbonyl (C=O) groups is 1. The van der Waals surface area contributed by atoms with Crippen LogP contribution in [0.15, 0.2) is 55.1 Å². The van der Waals surface area contributed by atoms with Gasteiger partial charge in [0.2, 0.25) is 0 Å². The third-order valence-corrected chi connectivity index (χ3v) is 3.86. The van der Waals surface area contributed by atoms with Crippen LogP contribution in [0.1, 0.15) is 31.9 Å². The van der Waals surface area contributed by atoms with Crippen molar-refractivity contribution in [2.24, 2.45) is 0 Å². The Labute approximate surface area is 142 Å². The highest BCUT2D eigenvalue weighted by molar-refractivity contribution is 6.30. The smallest absolute Gasteiger partial charge is 0.319 e. The normalized spacial score (nSPS) is 11.0. The molecule has 0 unspecified atom stereocenters. The first-order chi connectivity index (χ1) is 10.8. The van der Waals surface area contributed by atoms with Gasteiger partial charge in [0.1, 0.15) is 0 Å². The first kappa shape index (κ1) is 17.1. The highest BCUT2D eigenvalue weighted by atomic mass is 35.5. The van der Waals surface area contributed by atoms with Crippen LogP contribution in [0, 0.1) is 0 Å². The lowest BCUT2D eigenvalue weighted by Gasteiger charge is -2.27. The van der Waals surface area contributed by atoms with E-state index in [0.29, 0.717) is 10.7 Å². The molecule has 0 spiro atoms. The standard InChI is InChI=1S/C19H21ClN2O/c1-13(2)14-6-5-7-15(12-14)19(3,4)22-18(23)21-17-10-8-16(20)9-11-17/h5-12H,1H2,2-4H3,(H2,21,22,23). The Balaban J connectivity index is 2.10. The van der Waals surface area contributed by atoms with Crippen molar-refractivity contribution in [3.05, 3.63) is 71.3 Å². The molecule has 0 saturated carbocycles. The Kier molecular flexibility index (Phi) is 5.12. The van der Waals surface area contributed by atoms with Gasteiger partial charge >= 0.3 is 6.03 Å². The van der Waals surface area contributed by atoms with Crippen LogP contribution in [0.4, 0.5) is 10.5 Å². The molecule has 3 nitrogen and oxygen atoms in total. The maximum atomic E-state index is 12.2. The van der Waals surface area contributed by atoms with Gasteiger partial charge in [-0.2, -0.15) is 0 Å². The second kappa shape index (κ2) is 6.88. The van der Waals surface area contributed by atoms with Gasteiger partial charge < -0.3 is 10.6 Å². The molecule has 2 aromatic rings. The SMILES string of the molecule is C=C(C)c1cccc(C(C)(C)NC(=O)Nc2ccc(Cl)cc2)c1. The summed E-state index contributed by atoms with van der Waals surface area (Å²) in [6.45, 7) is 9.86. The molecule has 0 aromatic heterocycles. The van der Waals surface area contributed by atoms with E-state index >= 15 is 0 Å². The van der Waals surface area contributed by atoms with Gasteiger partial charge in [0.15, 0.2) is 0 Å². The van der Waals surface area contributed by atoms with E-state index in [4.69, 9.17) is 11.6 Å². The highest BCUT2D eigenvalue weighted by Gasteiger charge is 2.23. The minimum absolute atomic E-state index is 0.266. The number of anilines is 1. The van der Waals surface area contributed by atoms with Gasteiger partial charge in [0.05, 0.1) is 5.54 Å². The van der Waals surface area contributed by atoms with Crippen LogP contribution >= 0.6 is 11.6 Å². The quantitative estimate of drug-likeness (QED) is 0.772. The van der Waals surface area contributed by atoms with Crippen molar-refractivity contribution in [1.82, 2.24) is 5.32 Å². The number of rotatable bonds is 4. The van der Waals surface area contributed by atoms with Crippen LogP contribution < -0.4 is 10.6 Å². The Morgan fingerprint density at radius 1 is 1.13 bits per heavy atom. The van der Waals surface area contributed by atoms with E-state index in [2.05, 4.69) is 17.2 Å². The number of amides is 2. The summed E-state index contributed by atoms with van der Waals surface area (Å²) in [6, 6.07) is 14.7. The van der Waals surface area contributed by atoms with Gasteiger partial charge in [-0.3, -0.25) is 0 Å². The van der Waals surface area contributed by atoms with Crippen molar-refractivity contribution >= 4 is 28.9 Å². The maximum Gasteiger partial charge on any atom is 0.319 e. The molecule has 0 atom stereocenters. The zero-order valence-electron chi connectivity index (χ0n) is 13.6. The molecular formula is C19H21ClN2O. The molecule has 0 saturated heterocycles. The minimum Gasteiger partial charge on any atom is -0.329 e. The molecule has 4 heteroatoms. The predicted octanol–water partition coefficient (Wildman–Crippen LogP) is 5.43. The molecule has 2 aromatic carbocycles. The van der Waals surface area contributed by atoms with Gasteiger partial charge in [-0.1, -0.05) is 42.0 Å². The first-order valence-corrected chi connectivity index (χ1v) is 7.77. The molecule has 0 aliphatic rings. The van der Waals surface area contributed by atoms with E-state index in [-0.39, 0.29) is 6.03 Å². The van der Waals surface area contributed by atoms with Gasteiger partial charge in [0, 0.05) is 10.7 Å². The van der Waals surface area contributed by atoms with Crippen LogP contribution in [0.2, 0.25) is 5.02 Å². The number of carbonyl (C=O) groups excluding carboxylic acids is 1. The van der Waals surface area contributed by atoms with E-state index in [1.807, 2.05) is 45.0 Å². The lowest BCUT2D eigenvalue weighted by Crippen LogP contribution is -2.43. The molecule has 0 heterocycles. The fraction of sp³-hybridized carbons (Fsp3) is 0.211. The number of hydrogen-bond donors (Lipinski definition) is 2. The molecule has 0 aliphatic heterocycles. The summed E-state index contributed by atoms with van der Waals surface area (Å²) in [7, 11) is 0. The van der Waals surface area contributed by atoms with Crippen molar-refractivity contribution < 1.29 is 4.79 Å². The van der Waals surface area contributed by atoms with Gasteiger partial charge in [0.25, 0.3) is 0 Å². The molecule has 0 aliphatic carbocycles. The van der Waals surface area contributed by atoms with E-state index in [1.165, 1.54) is 0 Å². The molecule has 0 bridgehead atoms. The molecule has 0 fully saturated rings. The summed E-state index contributed by atoms with van der Waals surface area (Å²) in [4.78, 5) is 12.2. The topological polar surface area (TPSA) is 41.1 Å². The molecule has 23 heavy (non-hydrogen) atoms. The van der Waals surface area contributed by atoms with Crippen molar-refractivity contribution in [2.75, 3.05) is 5.32 Å². The summed E-state index contributed by atoms with van der Waals surface area (Å²) in [6.07, 6.45) is 0. The Morgan fingerprint density at radius 3 is 2.39 bits per heavy atom. The number of urea groups is 1. The Hall–Kier alpha value is -2.26. The summed E-state index contributed by atoms with van der Waals surface area (Å²) in [5, 5.41) is 6.43. The summed E-state index contributed by atoms with van der Waals surface area (Å²) >= 11 is 5.84. The van der Waals surface area contributed by atoms with Gasteiger partial charge in [-0.05, 0) is 62.2 Å². The number of nitrogens with one attached hydrogen (secondary N) is 2. The molecule has 0 radical (unpaired) electrons. The van der Waals surface area contributed by atoms with Crippen molar-refractivity contribution in [3.8, 4) is 0 Å². The van der Waals surface area contributed by atoms with Crippen LogP contribution in [0.3, 0.4) is 0 Å². The van der Waals surface area contributed by atoms with Crippen LogP contribution in [0.25, 0.3) is 5.57 Å². The lowest BCUT2D eigenvalue weighted by atomic mass is 9.92. The zero-order valence-corrected chi connectivity index (χ0v) is 14.4. The van der Waals surface area contributed by atoms with E-state index in [9.17, 15) is 4.79 Å². The second-order valence-corrected chi connectivity index (χ2v) is 6.51. The molecule has 2 amide bonds. The fourth-order valence-corrected chi connectivity index (χ4v) is 2.35. The monoisotopic (exact) mass is 328 g/mol. The maximum absolute atomic E-state index is 12.2. The largest absolute Gasteiger partial charge is 0.329 e. The average Bonchev–Trinajstić information content (AvgIpc) is 2.49. The van der Waals surface area contributed by atoms with Crippen LogP contribution in [-0.2, 0) is 5.54 Å². The zero-order chi connectivity index (χ0) is 17.0. The number of benzene rings is 2. The molecule has 2 N–H and O–H groups in total. The molecule has 2 rings (SSSR count). The van der Waals surface area contributed by atoms with Crippen molar-refractivity contribution in [2.45, 2.75) is 26.3 Å². The molecule has 120 valence electrons. The number of hydrogen-bond acceptors (Lipinski definition) is 1. The van der Waals surface area contributed by atoms with Gasteiger partial charge in [-0.25, -0.2) is 4.79 Å². The van der Waals surface area contributed by atoms with E-state index in [1.54, 1.807) is 24.3 Å². The summed E-state index contributed by atoms with van der Waals surface area (Å²) < 4.78 is 0. The Morgan fingerprint density at radius 2 is 1.78 bits per heavy atom. The number of allylic oxidation sites excluding steroid dienone is 1. The third kappa shape index (κ3) is 4.60. The lowest BCUT2D eigenvalue weighted by molar-refractivity contribution is 0.242. The van der Waals surface area contributed by atoms with Crippen LogP contribution in [0.5, 0.6) is 0 Å². The van der Waals surface area contributed by atoms with Gasteiger partial charge in [-0.15, -0.1) is 0 Å². The van der Waals surface area contributed by atoms with E-state index < -0.39 is 5.54 Å². The first-order valence-electron chi connectivity index (χ1n) is 7.39. The van der Waals surface area contributed by atoms with Crippen molar-refractivity contribution in [3.63, 3.8) is 0 Å².